The number of nitrogens with zero attached hydrogens (tertiary/aromatic N) is 2. The van der Waals surface area contributed by atoms with Gasteiger partial charge in [0.15, 0.2) is 0 Å². The number of pyridine rings is 1. The van der Waals surface area contributed by atoms with E-state index in [1.807, 2.05) is 18.2 Å². The van der Waals surface area contributed by atoms with Crippen molar-refractivity contribution < 1.29 is 14.3 Å². The van der Waals surface area contributed by atoms with E-state index in [0.717, 1.165) is 30.7 Å². The third-order valence-electron chi connectivity index (χ3n) is 4.58. The molecule has 24 heavy (non-hydrogen) atoms. The number of benzene rings is 1. The number of aromatic nitrogens is 1. The Bertz CT molecular complexity index is 704. The van der Waals surface area contributed by atoms with Gasteiger partial charge in [-0.3, -0.25) is 14.7 Å². The molecule has 0 unspecified atom stereocenters. The number of hydrogen-bond acceptors (Lipinski definition) is 5. The number of morpholine rings is 1. The molecule has 1 saturated heterocycles. The first-order valence-corrected chi connectivity index (χ1v) is 8.43. The molecule has 0 bridgehead atoms. The Balaban J connectivity index is 1.62. The molecule has 3 rings (SSSR count). The van der Waals surface area contributed by atoms with E-state index in [4.69, 9.17) is 14.5 Å². The van der Waals surface area contributed by atoms with E-state index in [1.165, 1.54) is 12.5 Å². The molecule has 1 aliphatic heterocycles. The third-order valence-corrected chi connectivity index (χ3v) is 4.58. The van der Waals surface area contributed by atoms with E-state index >= 15 is 0 Å². The fourth-order valence-corrected chi connectivity index (χ4v) is 3.19. The zero-order valence-corrected chi connectivity index (χ0v) is 14.3. The molecule has 5 nitrogen and oxygen atoms in total. The average Bonchev–Trinajstić information content (AvgIpc) is 2.61. The minimum atomic E-state index is -0.217. The summed E-state index contributed by atoms with van der Waals surface area (Å²) in [4.78, 5) is 18.6. The minimum absolute atomic E-state index is 0.0850. The summed E-state index contributed by atoms with van der Waals surface area (Å²) in [5.41, 5.74) is 2.13. The molecule has 0 amide bonds. The molecule has 0 spiro atoms. The van der Waals surface area contributed by atoms with E-state index in [2.05, 4.69) is 30.0 Å². The predicted octanol–water partition coefficient (Wildman–Crippen LogP) is 2.43. The normalized spacial score (nSPS) is 20.0. The lowest BCUT2D eigenvalue weighted by molar-refractivity contribution is -0.146. The van der Waals surface area contributed by atoms with Gasteiger partial charge in [-0.05, 0) is 19.1 Å². The Hall–Kier alpha value is -1.98. The van der Waals surface area contributed by atoms with Crippen LogP contribution >= 0.6 is 0 Å². The van der Waals surface area contributed by atoms with Gasteiger partial charge in [0.05, 0.1) is 31.8 Å². The molecule has 0 radical (unpaired) electrons. The van der Waals surface area contributed by atoms with Crippen LogP contribution in [0.2, 0.25) is 0 Å². The number of carbonyl (C=O) groups excluding carboxylic acids is 1. The monoisotopic (exact) mass is 328 g/mol. The second-order valence-electron chi connectivity index (χ2n) is 6.32. The van der Waals surface area contributed by atoms with Gasteiger partial charge in [0, 0.05) is 36.6 Å². The first-order chi connectivity index (χ1) is 11.7. The Kier molecular flexibility index (Phi) is 5.43. The maximum atomic E-state index is 11.4. The summed E-state index contributed by atoms with van der Waals surface area (Å²) >= 11 is 0. The Morgan fingerprint density at radius 1 is 1.38 bits per heavy atom. The number of esters is 1. The van der Waals surface area contributed by atoms with Gasteiger partial charge in [-0.2, -0.15) is 0 Å². The Morgan fingerprint density at radius 3 is 3.04 bits per heavy atom. The number of fused-ring (bicyclic) bond motifs is 1. The smallest absolute Gasteiger partial charge is 0.308 e. The van der Waals surface area contributed by atoms with Crippen LogP contribution in [0.25, 0.3) is 10.9 Å². The van der Waals surface area contributed by atoms with Crippen molar-refractivity contribution in [2.24, 2.45) is 0 Å². The number of rotatable bonds is 5. The summed E-state index contributed by atoms with van der Waals surface area (Å²) in [5.74, 6) is -0.217. The molecule has 2 heterocycles. The van der Waals surface area contributed by atoms with Crippen LogP contribution in [0.15, 0.2) is 36.4 Å². The zero-order chi connectivity index (χ0) is 16.9. The highest BCUT2D eigenvalue weighted by molar-refractivity contribution is 5.78. The Labute approximate surface area is 142 Å². The highest BCUT2D eigenvalue weighted by Crippen LogP contribution is 2.17. The van der Waals surface area contributed by atoms with Crippen LogP contribution in [-0.2, 0) is 20.7 Å². The van der Waals surface area contributed by atoms with Crippen LogP contribution in [0.5, 0.6) is 0 Å². The van der Waals surface area contributed by atoms with E-state index in [1.54, 1.807) is 0 Å². The van der Waals surface area contributed by atoms with Crippen molar-refractivity contribution in [3.8, 4) is 0 Å². The molecule has 0 saturated carbocycles. The van der Waals surface area contributed by atoms with Crippen LogP contribution in [-0.4, -0.2) is 54.8 Å². The molecule has 1 aromatic carbocycles. The highest BCUT2D eigenvalue weighted by atomic mass is 16.5. The lowest BCUT2D eigenvalue weighted by atomic mass is 10.1. The topological polar surface area (TPSA) is 51.7 Å². The zero-order valence-electron chi connectivity index (χ0n) is 14.3. The standard InChI is InChI=1S/C19H24N2O3/c1-14(21-9-10-24-17(13-21)12-19(22)23-2)11-16-8-7-15-5-3-4-6-18(15)20-16/h3-8,14,17H,9-13H2,1-2H3/t14-,17+/m1/s1. The van der Waals surface area contributed by atoms with Crippen LogP contribution in [0, 0.1) is 0 Å². The third kappa shape index (κ3) is 4.10. The fourth-order valence-electron chi connectivity index (χ4n) is 3.19. The van der Waals surface area contributed by atoms with Crippen LogP contribution < -0.4 is 0 Å². The molecule has 0 N–H and O–H groups in total. The van der Waals surface area contributed by atoms with E-state index in [9.17, 15) is 4.79 Å². The molecule has 1 fully saturated rings. The van der Waals surface area contributed by atoms with Crippen molar-refractivity contribution in [1.82, 2.24) is 9.88 Å². The first kappa shape index (κ1) is 16.9. The van der Waals surface area contributed by atoms with Gasteiger partial charge >= 0.3 is 5.97 Å². The summed E-state index contributed by atoms with van der Waals surface area (Å²) in [6, 6.07) is 12.8. The van der Waals surface area contributed by atoms with Crippen molar-refractivity contribution in [3.05, 3.63) is 42.1 Å². The molecule has 128 valence electrons. The second kappa shape index (κ2) is 7.73. The lowest BCUT2D eigenvalue weighted by Gasteiger charge is -2.36. The van der Waals surface area contributed by atoms with Gasteiger partial charge in [0.2, 0.25) is 0 Å². The molecular weight excluding hydrogens is 304 g/mol. The minimum Gasteiger partial charge on any atom is -0.469 e. The van der Waals surface area contributed by atoms with Gasteiger partial charge in [0.25, 0.3) is 0 Å². The number of carbonyl (C=O) groups is 1. The molecular formula is C19H24N2O3. The first-order valence-electron chi connectivity index (χ1n) is 8.43. The number of methoxy groups -OCH3 is 1. The van der Waals surface area contributed by atoms with E-state index in [0.29, 0.717) is 19.1 Å². The predicted molar refractivity (Wildman–Crippen MR) is 92.9 cm³/mol. The van der Waals surface area contributed by atoms with Gasteiger partial charge in [-0.15, -0.1) is 0 Å². The molecule has 1 aromatic heterocycles. The van der Waals surface area contributed by atoms with Crippen LogP contribution in [0.4, 0.5) is 0 Å². The average molecular weight is 328 g/mol. The quantitative estimate of drug-likeness (QED) is 0.789. The summed E-state index contributed by atoms with van der Waals surface area (Å²) in [5, 5.41) is 1.17. The van der Waals surface area contributed by atoms with Crippen LogP contribution in [0.3, 0.4) is 0 Å². The number of para-hydroxylation sites is 1. The Morgan fingerprint density at radius 2 is 2.21 bits per heavy atom. The van der Waals surface area contributed by atoms with Crippen molar-refractivity contribution in [2.75, 3.05) is 26.8 Å². The summed E-state index contributed by atoms with van der Waals surface area (Å²) in [7, 11) is 1.41. The van der Waals surface area contributed by atoms with Gasteiger partial charge in [-0.1, -0.05) is 24.3 Å². The molecule has 2 atom stereocenters. The van der Waals surface area contributed by atoms with Gasteiger partial charge in [0.1, 0.15) is 0 Å². The largest absolute Gasteiger partial charge is 0.469 e. The SMILES string of the molecule is COC(=O)C[C@H]1CN([C@H](C)Cc2ccc3ccccc3n2)CCO1. The fraction of sp³-hybridized carbons (Fsp3) is 0.474. The van der Waals surface area contributed by atoms with Crippen molar-refractivity contribution in [1.29, 1.82) is 0 Å². The van der Waals surface area contributed by atoms with E-state index < -0.39 is 0 Å². The van der Waals surface area contributed by atoms with Crippen molar-refractivity contribution in [2.45, 2.75) is 31.9 Å². The van der Waals surface area contributed by atoms with Crippen molar-refractivity contribution >= 4 is 16.9 Å². The molecule has 2 aromatic rings. The van der Waals surface area contributed by atoms with Crippen molar-refractivity contribution in [3.63, 3.8) is 0 Å². The second-order valence-corrected chi connectivity index (χ2v) is 6.32. The molecule has 0 aliphatic carbocycles. The summed E-state index contributed by atoms with van der Waals surface area (Å²) < 4.78 is 10.4. The molecule has 1 aliphatic rings. The summed E-state index contributed by atoms with van der Waals surface area (Å²) in [6.07, 6.45) is 1.11. The van der Waals surface area contributed by atoms with Crippen LogP contribution in [0.1, 0.15) is 19.0 Å². The van der Waals surface area contributed by atoms with Gasteiger partial charge in [-0.25, -0.2) is 0 Å². The highest BCUT2D eigenvalue weighted by Gasteiger charge is 2.26. The number of hydrogen-bond donors (Lipinski definition) is 0. The molecule has 5 heteroatoms. The maximum Gasteiger partial charge on any atom is 0.308 e. The number of ether oxygens (including phenoxy) is 2. The lowest BCUT2D eigenvalue weighted by Crippen LogP contribution is -2.48. The van der Waals surface area contributed by atoms with Gasteiger partial charge < -0.3 is 9.47 Å². The maximum absolute atomic E-state index is 11.4. The van der Waals surface area contributed by atoms with E-state index in [-0.39, 0.29) is 12.1 Å². The summed E-state index contributed by atoms with van der Waals surface area (Å²) in [6.45, 7) is 4.49.